The second-order valence-corrected chi connectivity index (χ2v) is 4.70. The maximum atomic E-state index is 13.3. The molecule has 0 aliphatic heterocycles. The lowest BCUT2D eigenvalue weighted by molar-refractivity contribution is 0.0707. The normalized spacial score (nSPS) is 14.4. The number of hydrogen-bond acceptors (Lipinski definition) is 3. The van der Waals surface area contributed by atoms with Crippen LogP contribution in [0.3, 0.4) is 0 Å². The SMILES string of the molecule is CCC(C)(C(=O)c1cc(F)ccc1OC)N(C)C. The number of carbonyl (C=O) groups excluding carboxylic acids is 1. The summed E-state index contributed by atoms with van der Waals surface area (Å²) in [5.74, 6) is -0.161. The average Bonchev–Trinajstić information content (AvgIpc) is 2.36. The first-order chi connectivity index (χ1) is 8.36. The minimum Gasteiger partial charge on any atom is -0.496 e. The fraction of sp³-hybridized carbons (Fsp3) is 0.500. The Bertz CT molecular complexity index is 445. The van der Waals surface area contributed by atoms with Gasteiger partial charge in [0.15, 0.2) is 5.78 Å². The number of Topliss-reactive ketones (excluding diaryl/α,β-unsaturated/α-hetero) is 1. The maximum Gasteiger partial charge on any atom is 0.186 e. The molecule has 0 N–H and O–H groups in total. The van der Waals surface area contributed by atoms with Crippen molar-refractivity contribution in [3.05, 3.63) is 29.6 Å². The zero-order valence-electron chi connectivity index (χ0n) is 11.6. The minimum atomic E-state index is -0.666. The quantitative estimate of drug-likeness (QED) is 0.756. The lowest BCUT2D eigenvalue weighted by Crippen LogP contribution is -2.48. The topological polar surface area (TPSA) is 29.5 Å². The van der Waals surface area contributed by atoms with E-state index in [1.165, 1.54) is 25.3 Å². The van der Waals surface area contributed by atoms with Crippen LogP contribution < -0.4 is 4.74 Å². The number of hydrogen-bond donors (Lipinski definition) is 0. The molecule has 1 rings (SSSR count). The first-order valence-electron chi connectivity index (χ1n) is 5.92. The molecule has 0 radical (unpaired) electrons. The molecule has 0 aliphatic rings. The van der Waals surface area contributed by atoms with Crippen LogP contribution in [0.15, 0.2) is 18.2 Å². The predicted octanol–water partition coefficient (Wildman–Crippen LogP) is 2.75. The van der Waals surface area contributed by atoms with Crippen LogP contribution >= 0.6 is 0 Å². The van der Waals surface area contributed by atoms with E-state index in [9.17, 15) is 9.18 Å². The van der Waals surface area contributed by atoms with E-state index in [0.717, 1.165) is 0 Å². The second-order valence-electron chi connectivity index (χ2n) is 4.70. The van der Waals surface area contributed by atoms with Gasteiger partial charge in [-0.2, -0.15) is 0 Å². The molecule has 0 amide bonds. The molecular weight excluding hydrogens is 233 g/mol. The van der Waals surface area contributed by atoms with Gasteiger partial charge in [0.1, 0.15) is 11.6 Å². The van der Waals surface area contributed by atoms with E-state index in [4.69, 9.17) is 4.74 Å². The van der Waals surface area contributed by atoms with E-state index in [1.807, 2.05) is 32.8 Å². The molecule has 0 spiro atoms. The van der Waals surface area contributed by atoms with Gasteiger partial charge in [0, 0.05) is 0 Å². The predicted molar refractivity (Wildman–Crippen MR) is 69.7 cm³/mol. The highest BCUT2D eigenvalue weighted by Crippen LogP contribution is 2.28. The van der Waals surface area contributed by atoms with Crippen LogP contribution in [0.2, 0.25) is 0 Å². The van der Waals surface area contributed by atoms with E-state index >= 15 is 0 Å². The molecule has 0 saturated carbocycles. The van der Waals surface area contributed by atoms with E-state index in [-0.39, 0.29) is 11.3 Å². The van der Waals surface area contributed by atoms with Crippen LogP contribution in [-0.2, 0) is 0 Å². The zero-order valence-corrected chi connectivity index (χ0v) is 11.6. The van der Waals surface area contributed by atoms with Crippen molar-refractivity contribution in [2.75, 3.05) is 21.2 Å². The fourth-order valence-electron chi connectivity index (χ4n) is 1.83. The number of nitrogens with zero attached hydrogens (tertiary/aromatic N) is 1. The van der Waals surface area contributed by atoms with Gasteiger partial charge in [-0.05, 0) is 45.6 Å². The average molecular weight is 253 g/mol. The summed E-state index contributed by atoms with van der Waals surface area (Å²) in [6.07, 6.45) is 0.637. The van der Waals surface area contributed by atoms with E-state index in [1.54, 1.807) is 0 Å². The summed E-state index contributed by atoms with van der Waals surface area (Å²) in [5, 5.41) is 0. The van der Waals surface area contributed by atoms with Crippen molar-refractivity contribution in [1.29, 1.82) is 0 Å². The van der Waals surface area contributed by atoms with Crippen molar-refractivity contribution in [3.63, 3.8) is 0 Å². The summed E-state index contributed by atoms with van der Waals surface area (Å²) in [6.45, 7) is 3.78. The highest BCUT2D eigenvalue weighted by Gasteiger charge is 2.35. The van der Waals surface area contributed by atoms with Gasteiger partial charge < -0.3 is 4.74 Å². The monoisotopic (exact) mass is 253 g/mol. The first-order valence-corrected chi connectivity index (χ1v) is 5.92. The lowest BCUT2D eigenvalue weighted by atomic mass is 9.87. The molecule has 4 heteroatoms. The Hall–Kier alpha value is -1.42. The van der Waals surface area contributed by atoms with Crippen LogP contribution in [-0.4, -0.2) is 37.4 Å². The highest BCUT2D eigenvalue weighted by molar-refractivity contribution is 6.05. The van der Waals surface area contributed by atoms with E-state index in [2.05, 4.69) is 0 Å². The Labute approximate surface area is 108 Å². The third-order valence-corrected chi connectivity index (χ3v) is 3.57. The number of methoxy groups -OCH3 is 1. The van der Waals surface area contributed by atoms with Gasteiger partial charge in [0.05, 0.1) is 18.2 Å². The Morgan fingerprint density at radius 3 is 2.50 bits per heavy atom. The standard InChI is InChI=1S/C14H20FNO2/c1-6-14(2,16(3)4)13(17)11-9-10(15)7-8-12(11)18-5/h7-9H,6H2,1-5H3. The van der Waals surface area contributed by atoms with Crippen molar-refractivity contribution >= 4 is 5.78 Å². The first kappa shape index (κ1) is 14.6. The van der Waals surface area contributed by atoms with Gasteiger partial charge in [-0.25, -0.2) is 4.39 Å². The molecule has 0 aromatic heterocycles. The smallest absolute Gasteiger partial charge is 0.186 e. The second kappa shape index (κ2) is 5.48. The van der Waals surface area contributed by atoms with E-state index in [0.29, 0.717) is 12.2 Å². The minimum absolute atomic E-state index is 0.133. The van der Waals surface area contributed by atoms with Gasteiger partial charge in [0.25, 0.3) is 0 Å². The molecule has 18 heavy (non-hydrogen) atoms. The van der Waals surface area contributed by atoms with Crippen molar-refractivity contribution < 1.29 is 13.9 Å². The molecule has 0 aliphatic carbocycles. The van der Waals surface area contributed by atoms with Gasteiger partial charge in [0.2, 0.25) is 0 Å². The highest BCUT2D eigenvalue weighted by atomic mass is 19.1. The molecule has 1 aromatic carbocycles. The van der Waals surface area contributed by atoms with Gasteiger partial charge in [-0.1, -0.05) is 6.92 Å². The Morgan fingerprint density at radius 2 is 2.06 bits per heavy atom. The largest absolute Gasteiger partial charge is 0.496 e. The number of ketones is 1. The summed E-state index contributed by atoms with van der Waals surface area (Å²) >= 11 is 0. The van der Waals surface area contributed by atoms with Gasteiger partial charge in [-0.15, -0.1) is 0 Å². The molecule has 1 atom stereocenters. The third-order valence-electron chi connectivity index (χ3n) is 3.57. The van der Waals surface area contributed by atoms with Crippen molar-refractivity contribution in [2.45, 2.75) is 25.8 Å². The third kappa shape index (κ3) is 2.53. The molecule has 1 aromatic rings. The summed E-state index contributed by atoms with van der Waals surface area (Å²) in [7, 11) is 5.16. The van der Waals surface area contributed by atoms with Crippen molar-refractivity contribution in [2.24, 2.45) is 0 Å². The van der Waals surface area contributed by atoms with Crippen molar-refractivity contribution in [3.8, 4) is 5.75 Å². The Kier molecular flexibility index (Phi) is 4.46. The molecule has 3 nitrogen and oxygen atoms in total. The van der Waals surface area contributed by atoms with Gasteiger partial charge in [-0.3, -0.25) is 9.69 Å². The summed E-state index contributed by atoms with van der Waals surface area (Å²) in [6, 6.07) is 4.00. The van der Waals surface area contributed by atoms with Crippen LogP contribution in [0.4, 0.5) is 4.39 Å². The number of likely N-dealkylation sites (N-methyl/N-ethyl adjacent to an activating group) is 1. The molecular formula is C14H20FNO2. The number of ether oxygens (including phenoxy) is 1. The van der Waals surface area contributed by atoms with Gasteiger partial charge >= 0.3 is 0 Å². The fourth-order valence-corrected chi connectivity index (χ4v) is 1.83. The maximum absolute atomic E-state index is 13.3. The van der Waals surface area contributed by atoms with Crippen molar-refractivity contribution in [1.82, 2.24) is 4.90 Å². The molecule has 100 valence electrons. The molecule has 0 bridgehead atoms. The number of benzene rings is 1. The summed E-state index contributed by atoms with van der Waals surface area (Å²) < 4.78 is 18.5. The molecule has 0 fully saturated rings. The van der Waals surface area contributed by atoms with Crippen LogP contribution in [0.1, 0.15) is 30.6 Å². The number of halogens is 1. The number of rotatable bonds is 5. The zero-order chi connectivity index (χ0) is 13.9. The Balaban J connectivity index is 3.29. The summed E-state index contributed by atoms with van der Waals surface area (Å²) in [4.78, 5) is 14.4. The molecule has 0 heterocycles. The summed E-state index contributed by atoms with van der Waals surface area (Å²) in [5.41, 5.74) is -0.378. The van der Waals surface area contributed by atoms with Crippen LogP contribution in [0.25, 0.3) is 0 Å². The lowest BCUT2D eigenvalue weighted by Gasteiger charge is -2.34. The molecule has 1 unspecified atom stereocenters. The number of carbonyl (C=O) groups is 1. The molecule has 0 saturated heterocycles. The Morgan fingerprint density at radius 1 is 1.44 bits per heavy atom. The van der Waals surface area contributed by atoms with Crippen LogP contribution in [0, 0.1) is 5.82 Å². The van der Waals surface area contributed by atoms with E-state index < -0.39 is 11.4 Å². The van der Waals surface area contributed by atoms with Crippen LogP contribution in [0.5, 0.6) is 5.75 Å².